The second kappa shape index (κ2) is 9.75. The fourth-order valence-corrected chi connectivity index (χ4v) is 3.46. The minimum atomic E-state index is -0.278. The number of amides is 2. The van der Waals surface area contributed by atoms with Crippen LogP contribution in [-0.4, -0.2) is 28.1 Å². The van der Waals surface area contributed by atoms with E-state index in [1.54, 1.807) is 41.2 Å². The summed E-state index contributed by atoms with van der Waals surface area (Å²) in [5.41, 5.74) is 4.39. The zero-order chi connectivity index (χ0) is 22.3. The van der Waals surface area contributed by atoms with Crippen LogP contribution in [0.4, 0.5) is 5.69 Å². The number of aromatic nitrogens is 2. The summed E-state index contributed by atoms with van der Waals surface area (Å²) in [4.78, 5) is 25.7. The normalized spacial score (nSPS) is 10.5. The third kappa shape index (κ3) is 5.10. The van der Waals surface area contributed by atoms with E-state index in [-0.39, 0.29) is 11.8 Å². The molecule has 0 aliphatic heterocycles. The minimum absolute atomic E-state index is 0.221. The molecular weight excluding hydrogens is 400 g/mol. The van der Waals surface area contributed by atoms with Gasteiger partial charge >= 0.3 is 0 Å². The smallest absolute Gasteiger partial charge is 0.255 e. The van der Waals surface area contributed by atoms with E-state index in [1.165, 1.54) is 0 Å². The Labute approximate surface area is 186 Å². The third-order valence-corrected chi connectivity index (χ3v) is 5.12. The molecule has 0 atom stereocenters. The van der Waals surface area contributed by atoms with E-state index in [4.69, 9.17) is 0 Å². The first kappa shape index (κ1) is 21.1. The maximum atomic E-state index is 12.9. The van der Waals surface area contributed by atoms with Crippen molar-refractivity contribution in [2.45, 2.75) is 6.42 Å². The van der Waals surface area contributed by atoms with Crippen LogP contribution in [0, 0.1) is 0 Å². The maximum absolute atomic E-state index is 12.9. The van der Waals surface area contributed by atoms with E-state index in [9.17, 15) is 9.59 Å². The quantitative estimate of drug-likeness (QED) is 0.464. The second-order valence-corrected chi connectivity index (χ2v) is 7.47. The fraction of sp³-hybridized carbons (Fsp3) is 0.115. The first-order chi connectivity index (χ1) is 15.6. The molecule has 0 radical (unpaired) electrons. The van der Waals surface area contributed by atoms with Gasteiger partial charge in [0.25, 0.3) is 11.8 Å². The zero-order valence-corrected chi connectivity index (χ0v) is 17.8. The maximum Gasteiger partial charge on any atom is 0.255 e. The average Bonchev–Trinajstić information content (AvgIpc) is 3.26. The van der Waals surface area contributed by atoms with Crippen molar-refractivity contribution < 1.29 is 9.59 Å². The van der Waals surface area contributed by atoms with Gasteiger partial charge in [0.15, 0.2) is 0 Å². The Kier molecular flexibility index (Phi) is 6.41. The number of nitrogens with one attached hydrogen (secondary N) is 2. The number of aryl methyl sites for hydroxylation is 1. The Balaban J connectivity index is 1.44. The number of benzene rings is 3. The number of rotatable bonds is 7. The molecule has 6 nitrogen and oxygen atoms in total. The summed E-state index contributed by atoms with van der Waals surface area (Å²) in [5, 5.41) is 10.00. The van der Waals surface area contributed by atoms with Crippen LogP contribution in [0.25, 0.3) is 11.1 Å². The molecule has 4 aromatic rings. The van der Waals surface area contributed by atoms with Crippen LogP contribution in [0.1, 0.15) is 26.3 Å². The van der Waals surface area contributed by atoms with E-state index >= 15 is 0 Å². The Bertz CT molecular complexity index is 1230. The van der Waals surface area contributed by atoms with Gasteiger partial charge in [0, 0.05) is 30.9 Å². The van der Waals surface area contributed by atoms with Crippen molar-refractivity contribution in [2.75, 3.05) is 11.9 Å². The van der Waals surface area contributed by atoms with Crippen LogP contribution in [0.15, 0.2) is 91.3 Å². The topological polar surface area (TPSA) is 76.0 Å². The van der Waals surface area contributed by atoms with E-state index < -0.39 is 0 Å². The van der Waals surface area contributed by atoms with E-state index in [0.717, 1.165) is 23.1 Å². The average molecular weight is 425 g/mol. The summed E-state index contributed by atoms with van der Waals surface area (Å²) in [7, 11) is 1.85. The molecule has 0 spiro atoms. The largest absolute Gasteiger partial charge is 0.352 e. The van der Waals surface area contributed by atoms with E-state index in [0.29, 0.717) is 23.4 Å². The lowest BCUT2D eigenvalue weighted by Gasteiger charge is -2.12. The van der Waals surface area contributed by atoms with Gasteiger partial charge < -0.3 is 10.6 Å². The van der Waals surface area contributed by atoms with Crippen molar-refractivity contribution in [1.29, 1.82) is 0 Å². The molecular formula is C26H24N4O2. The summed E-state index contributed by atoms with van der Waals surface area (Å²) < 4.78 is 1.72. The second-order valence-electron chi connectivity index (χ2n) is 7.47. The van der Waals surface area contributed by atoms with Crippen LogP contribution in [0.2, 0.25) is 0 Å². The van der Waals surface area contributed by atoms with Crippen molar-refractivity contribution in [3.63, 3.8) is 0 Å². The van der Waals surface area contributed by atoms with Gasteiger partial charge in [-0.05, 0) is 41.8 Å². The molecule has 2 amide bonds. The monoisotopic (exact) mass is 424 g/mol. The van der Waals surface area contributed by atoms with Gasteiger partial charge in [-0.25, -0.2) is 0 Å². The lowest BCUT2D eigenvalue weighted by atomic mass is 10.1. The highest BCUT2D eigenvalue weighted by Crippen LogP contribution is 2.21. The Morgan fingerprint density at radius 2 is 1.66 bits per heavy atom. The number of anilines is 1. The number of carbonyl (C=O) groups is 2. The Morgan fingerprint density at radius 1 is 0.875 bits per heavy atom. The Morgan fingerprint density at radius 3 is 2.44 bits per heavy atom. The number of hydrogen-bond acceptors (Lipinski definition) is 3. The lowest BCUT2D eigenvalue weighted by molar-refractivity contribution is 0.0955. The van der Waals surface area contributed by atoms with Crippen molar-refractivity contribution >= 4 is 17.5 Å². The highest BCUT2D eigenvalue weighted by Gasteiger charge is 2.14. The summed E-state index contributed by atoms with van der Waals surface area (Å²) in [5.74, 6) is -0.499. The number of para-hydroxylation sites is 1. The summed E-state index contributed by atoms with van der Waals surface area (Å²) in [6.45, 7) is 0.512. The van der Waals surface area contributed by atoms with Crippen LogP contribution in [0.3, 0.4) is 0 Å². The summed E-state index contributed by atoms with van der Waals surface area (Å²) in [6, 6.07) is 24.3. The number of hydrogen-bond donors (Lipinski definition) is 2. The molecule has 160 valence electrons. The van der Waals surface area contributed by atoms with Crippen LogP contribution in [-0.2, 0) is 13.5 Å². The Hall–Kier alpha value is -4.19. The SMILES string of the molecule is Cn1cc(-c2cccc(C(=O)Nc3ccccc3C(=O)NCCc3ccccc3)c2)cn1. The summed E-state index contributed by atoms with van der Waals surface area (Å²) >= 11 is 0. The number of nitrogens with zero attached hydrogens (tertiary/aromatic N) is 2. The minimum Gasteiger partial charge on any atom is -0.352 e. The molecule has 6 heteroatoms. The van der Waals surface area contributed by atoms with Gasteiger partial charge in [0.1, 0.15) is 0 Å². The zero-order valence-electron chi connectivity index (χ0n) is 17.8. The highest BCUT2D eigenvalue weighted by molar-refractivity contribution is 6.09. The molecule has 0 saturated heterocycles. The van der Waals surface area contributed by atoms with Gasteiger partial charge in [0.2, 0.25) is 0 Å². The molecule has 1 heterocycles. The molecule has 0 aliphatic carbocycles. The van der Waals surface area contributed by atoms with Crippen molar-refractivity contribution in [1.82, 2.24) is 15.1 Å². The molecule has 0 bridgehead atoms. The molecule has 0 aliphatic rings. The lowest BCUT2D eigenvalue weighted by Crippen LogP contribution is -2.27. The van der Waals surface area contributed by atoms with Gasteiger partial charge in [-0.2, -0.15) is 5.10 Å². The van der Waals surface area contributed by atoms with Crippen molar-refractivity contribution in [2.24, 2.45) is 7.05 Å². The standard InChI is InChI=1S/C26H24N4O2/c1-30-18-22(17-28-30)20-10-7-11-21(16-20)25(31)29-24-13-6-5-12-23(24)26(32)27-15-14-19-8-3-2-4-9-19/h2-13,16-18H,14-15H2,1H3,(H,27,32)(H,29,31). The first-order valence-electron chi connectivity index (χ1n) is 10.4. The van der Waals surface area contributed by atoms with Gasteiger partial charge in [0.05, 0.1) is 17.4 Å². The van der Waals surface area contributed by atoms with Crippen molar-refractivity contribution in [3.05, 3.63) is 108 Å². The molecule has 3 aromatic carbocycles. The third-order valence-electron chi connectivity index (χ3n) is 5.12. The van der Waals surface area contributed by atoms with Crippen LogP contribution >= 0.6 is 0 Å². The van der Waals surface area contributed by atoms with Crippen LogP contribution in [0.5, 0.6) is 0 Å². The molecule has 32 heavy (non-hydrogen) atoms. The molecule has 0 saturated carbocycles. The molecule has 0 fully saturated rings. The van der Waals surface area contributed by atoms with Gasteiger partial charge in [-0.1, -0.05) is 54.6 Å². The fourth-order valence-electron chi connectivity index (χ4n) is 3.46. The van der Waals surface area contributed by atoms with Gasteiger partial charge in [-0.3, -0.25) is 14.3 Å². The molecule has 4 rings (SSSR count). The predicted octanol–water partition coefficient (Wildman–Crippen LogP) is 4.31. The first-order valence-corrected chi connectivity index (χ1v) is 10.4. The molecule has 1 aromatic heterocycles. The highest BCUT2D eigenvalue weighted by atomic mass is 16.2. The molecule has 2 N–H and O–H groups in total. The van der Waals surface area contributed by atoms with Crippen molar-refractivity contribution in [3.8, 4) is 11.1 Å². The van der Waals surface area contributed by atoms with Crippen LogP contribution < -0.4 is 10.6 Å². The van der Waals surface area contributed by atoms with Gasteiger partial charge in [-0.15, -0.1) is 0 Å². The molecule has 0 unspecified atom stereocenters. The van der Waals surface area contributed by atoms with E-state index in [2.05, 4.69) is 15.7 Å². The summed E-state index contributed by atoms with van der Waals surface area (Å²) in [6.07, 6.45) is 4.39. The van der Waals surface area contributed by atoms with E-state index in [1.807, 2.05) is 61.8 Å². The number of carbonyl (C=O) groups excluding carboxylic acids is 2. The predicted molar refractivity (Wildman–Crippen MR) is 126 cm³/mol.